The lowest BCUT2D eigenvalue weighted by molar-refractivity contribution is -0.385. The molecule has 3 heterocycles. The van der Waals surface area contributed by atoms with Crippen molar-refractivity contribution >= 4 is 28.1 Å². The largest absolute Gasteiger partial charge is 0.416 e. The van der Waals surface area contributed by atoms with Gasteiger partial charge in [0.1, 0.15) is 17.6 Å². The van der Waals surface area contributed by atoms with E-state index in [1.165, 1.54) is 10.8 Å². The van der Waals surface area contributed by atoms with E-state index in [2.05, 4.69) is 15.2 Å². The first-order chi connectivity index (χ1) is 17.4. The zero-order chi connectivity index (χ0) is 27.1. The summed E-state index contributed by atoms with van der Waals surface area (Å²) in [5.41, 5.74) is -1.17. The lowest BCUT2D eigenvalue weighted by Crippen LogP contribution is -2.46. The Labute approximate surface area is 209 Å². The van der Waals surface area contributed by atoms with Gasteiger partial charge in [0.25, 0.3) is 11.2 Å². The Morgan fingerprint density at radius 3 is 2.43 bits per heavy atom. The molecule has 1 aliphatic heterocycles. The second-order valence-electron chi connectivity index (χ2n) is 9.01. The SMILES string of the molecule is C[C@@H](Nc1ncc(C#N)c2c1cc(N1CCN(C)CC1)c(=O)n2C)c1cc([N+](=O)[O-])cc(C(F)(F)F)c1. The van der Waals surface area contributed by atoms with Crippen molar-refractivity contribution in [1.29, 1.82) is 5.26 Å². The Bertz CT molecular complexity index is 1470. The highest BCUT2D eigenvalue weighted by Crippen LogP contribution is 2.35. The molecular formula is C24H24F3N7O3. The number of likely N-dealkylation sites (N-methyl/N-ethyl adjacent to an activating group) is 1. The number of aromatic nitrogens is 2. The minimum Gasteiger partial charge on any atom is -0.364 e. The normalized spacial score (nSPS) is 15.4. The van der Waals surface area contributed by atoms with Crippen molar-refractivity contribution in [2.24, 2.45) is 7.05 Å². The van der Waals surface area contributed by atoms with Crippen LogP contribution in [0.5, 0.6) is 0 Å². The number of hydrogen-bond acceptors (Lipinski definition) is 8. The van der Waals surface area contributed by atoms with Gasteiger partial charge in [-0.3, -0.25) is 14.9 Å². The van der Waals surface area contributed by atoms with Gasteiger partial charge in [-0.15, -0.1) is 0 Å². The molecule has 1 atom stereocenters. The molecule has 194 valence electrons. The number of rotatable bonds is 5. The van der Waals surface area contributed by atoms with Crippen LogP contribution in [0.25, 0.3) is 10.9 Å². The smallest absolute Gasteiger partial charge is 0.364 e. The van der Waals surface area contributed by atoms with Crippen molar-refractivity contribution in [1.82, 2.24) is 14.5 Å². The summed E-state index contributed by atoms with van der Waals surface area (Å²) in [4.78, 5) is 32.0. The van der Waals surface area contributed by atoms with E-state index in [1.54, 1.807) is 20.0 Å². The maximum absolute atomic E-state index is 13.4. The molecule has 1 fully saturated rings. The van der Waals surface area contributed by atoms with Gasteiger partial charge in [-0.2, -0.15) is 18.4 Å². The molecule has 1 aliphatic rings. The molecule has 0 saturated carbocycles. The number of nitro groups is 1. The molecule has 3 aromatic rings. The number of pyridine rings is 2. The monoisotopic (exact) mass is 515 g/mol. The Balaban J connectivity index is 1.82. The summed E-state index contributed by atoms with van der Waals surface area (Å²) in [5.74, 6) is 0.229. The summed E-state index contributed by atoms with van der Waals surface area (Å²) in [7, 11) is 3.54. The molecule has 0 spiro atoms. The number of benzene rings is 1. The molecule has 0 amide bonds. The number of nitriles is 1. The molecule has 0 bridgehead atoms. The van der Waals surface area contributed by atoms with Crippen LogP contribution in [0.15, 0.2) is 35.3 Å². The molecule has 13 heteroatoms. The number of piperazine rings is 1. The molecule has 10 nitrogen and oxygen atoms in total. The van der Waals surface area contributed by atoms with E-state index in [0.29, 0.717) is 35.7 Å². The van der Waals surface area contributed by atoms with Gasteiger partial charge in [-0.1, -0.05) is 0 Å². The van der Waals surface area contributed by atoms with Crippen LogP contribution in [0, 0.1) is 21.4 Å². The molecule has 0 unspecified atom stereocenters. The van der Waals surface area contributed by atoms with E-state index < -0.39 is 28.4 Å². The Morgan fingerprint density at radius 2 is 1.84 bits per heavy atom. The van der Waals surface area contributed by atoms with Crippen LogP contribution in [0.2, 0.25) is 0 Å². The first-order valence-electron chi connectivity index (χ1n) is 11.4. The molecular weight excluding hydrogens is 491 g/mol. The number of aryl methyl sites for hydroxylation is 1. The van der Waals surface area contributed by atoms with Crippen LogP contribution in [0.3, 0.4) is 0 Å². The third-order valence-corrected chi connectivity index (χ3v) is 6.52. The molecule has 1 saturated heterocycles. The number of nitro benzene ring substituents is 1. The minimum atomic E-state index is -4.77. The first kappa shape index (κ1) is 25.9. The molecule has 2 aromatic heterocycles. The van der Waals surface area contributed by atoms with E-state index in [1.807, 2.05) is 18.0 Å². The van der Waals surface area contributed by atoms with Crippen molar-refractivity contribution in [3.63, 3.8) is 0 Å². The molecule has 0 radical (unpaired) electrons. The molecule has 37 heavy (non-hydrogen) atoms. The van der Waals surface area contributed by atoms with Gasteiger partial charge < -0.3 is 19.7 Å². The number of halogens is 3. The number of alkyl halides is 3. The molecule has 0 aliphatic carbocycles. The van der Waals surface area contributed by atoms with Crippen LogP contribution in [0.4, 0.5) is 30.4 Å². The van der Waals surface area contributed by atoms with E-state index in [-0.39, 0.29) is 22.5 Å². The minimum absolute atomic E-state index is 0.0324. The van der Waals surface area contributed by atoms with Crippen molar-refractivity contribution in [2.75, 3.05) is 43.4 Å². The third-order valence-electron chi connectivity index (χ3n) is 6.52. The van der Waals surface area contributed by atoms with Gasteiger partial charge in [-0.25, -0.2) is 4.98 Å². The van der Waals surface area contributed by atoms with Gasteiger partial charge in [0.15, 0.2) is 0 Å². The zero-order valence-electron chi connectivity index (χ0n) is 20.3. The second-order valence-corrected chi connectivity index (χ2v) is 9.01. The highest BCUT2D eigenvalue weighted by atomic mass is 19.4. The van der Waals surface area contributed by atoms with Crippen molar-refractivity contribution in [3.8, 4) is 6.07 Å². The zero-order valence-corrected chi connectivity index (χ0v) is 20.3. The van der Waals surface area contributed by atoms with Crippen LogP contribution in [0.1, 0.15) is 29.7 Å². The van der Waals surface area contributed by atoms with E-state index in [9.17, 15) is 33.3 Å². The molecule has 1 aromatic carbocycles. The number of nitrogens with zero attached hydrogens (tertiary/aromatic N) is 6. The quantitative estimate of drug-likeness (QED) is 0.404. The Morgan fingerprint density at radius 1 is 1.16 bits per heavy atom. The molecule has 1 N–H and O–H groups in total. The van der Waals surface area contributed by atoms with Crippen molar-refractivity contribution in [2.45, 2.75) is 19.1 Å². The molecule has 4 rings (SSSR count). The fourth-order valence-corrected chi connectivity index (χ4v) is 4.40. The maximum atomic E-state index is 13.4. The lowest BCUT2D eigenvalue weighted by atomic mass is 10.0. The second kappa shape index (κ2) is 9.70. The fraction of sp³-hybridized carbons (Fsp3) is 0.375. The lowest BCUT2D eigenvalue weighted by Gasteiger charge is -2.34. The number of non-ortho nitro benzene ring substituents is 1. The summed E-state index contributed by atoms with van der Waals surface area (Å²) >= 11 is 0. The van der Waals surface area contributed by atoms with Gasteiger partial charge in [0.2, 0.25) is 0 Å². The number of fused-ring (bicyclic) bond motifs is 1. The summed E-state index contributed by atoms with van der Waals surface area (Å²) in [6, 6.07) is 5.26. The summed E-state index contributed by atoms with van der Waals surface area (Å²) in [6.07, 6.45) is -3.49. The number of nitrogens with one attached hydrogen (secondary N) is 1. The highest BCUT2D eigenvalue weighted by molar-refractivity contribution is 5.95. The number of anilines is 2. The maximum Gasteiger partial charge on any atom is 0.416 e. The average Bonchev–Trinajstić information content (AvgIpc) is 2.86. The van der Waals surface area contributed by atoms with E-state index >= 15 is 0 Å². The number of hydrogen-bond donors (Lipinski definition) is 1. The topological polar surface area (TPSA) is 120 Å². The van der Waals surface area contributed by atoms with Crippen LogP contribution in [-0.4, -0.2) is 52.6 Å². The summed E-state index contributed by atoms with van der Waals surface area (Å²) in [5, 5.41) is 24.4. The summed E-state index contributed by atoms with van der Waals surface area (Å²) in [6.45, 7) is 4.31. The van der Waals surface area contributed by atoms with Gasteiger partial charge >= 0.3 is 6.18 Å². The van der Waals surface area contributed by atoms with Crippen LogP contribution >= 0.6 is 0 Å². The van der Waals surface area contributed by atoms with E-state index in [4.69, 9.17) is 0 Å². The first-order valence-corrected chi connectivity index (χ1v) is 11.4. The van der Waals surface area contributed by atoms with Crippen LogP contribution < -0.4 is 15.8 Å². The van der Waals surface area contributed by atoms with Crippen molar-refractivity contribution in [3.05, 3.63) is 67.6 Å². The third kappa shape index (κ3) is 5.05. The van der Waals surface area contributed by atoms with Gasteiger partial charge in [0.05, 0.1) is 27.6 Å². The highest BCUT2D eigenvalue weighted by Gasteiger charge is 2.33. The standard InChI is InChI=1S/C24H24F3N7O3/c1-14(15-8-17(24(25,26)27)10-18(9-15)34(36)37)30-22-19-11-20(33-6-4-31(2)5-7-33)23(35)32(3)21(19)16(12-28)13-29-22/h8-11,13-14H,4-7H2,1-3H3,(H,29,30)/t14-/m1/s1. The van der Waals surface area contributed by atoms with Crippen molar-refractivity contribution < 1.29 is 18.1 Å². The Hall–Kier alpha value is -4.18. The van der Waals surface area contributed by atoms with Gasteiger partial charge in [0, 0.05) is 56.9 Å². The summed E-state index contributed by atoms with van der Waals surface area (Å²) < 4.78 is 41.6. The predicted octanol–water partition coefficient (Wildman–Crippen LogP) is 3.66. The Kier molecular flexibility index (Phi) is 6.79. The van der Waals surface area contributed by atoms with Crippen LogP contribution in [-0.2, 0) is 13.2 Å². The predicted molar refractivity (Wildman–Crippen MR) is 132 cm³/mol. The van der Waals surface area contributed by atoms with E-state index in [0.717, 1.165) is 25.2 Å². The average molecular weight is 515 g/mol. The fourth-order valence-electron chi connectivity index (χ4n) is 4.40. The van der Waals surface area contributed by atoms with Gasteiger partial charge in [-0.05, 0) is 31.7 Å².